The maximum Gasteiger partial charge on any atom is 0.269 e. The fourth-order valence-electron chi connectivity index (χ4n) is 6.18. The zero-order valence-electron chi connectivity index (χ0n) is 22.2. The summed E-state index contributed by atoms with van der Waals surface area (Å²) in [5, 5.41) is 4.31. The van der Waals surface area contributed by atoms with Crippen LogP contribution in [0.1, 0.15) is 32.9 Å². The van der Waals surface area contributed by atoms with Crippen LogP contribution in [0.15, 0.2) is 78.9 Å². The van der Waals surface area contributed by atoms with Gasteiger partial charge in [-0.15, -0.1) is 0 Å². The fraction of sp³-hybridized carbons (Fsp3) is 0.312. The maximum atomic E-state index is 11.4. The Morgan fingerprint density at radius 3 is 1.87 bits per heavy atom. The molecule has 38 heavy (non-hydrogen) atoms. The fourth-order valence-corrected chi connectivity index (χ4v) is 6.18. The van der Waals surface area contributed by atoms with Crippen LogP contribution in [0.5, 0.6) is 0 Å². The van der Waals surface area contributed by atoms with Crippen LogP contribution in [-0.4, -0.2) is 58.7 Å². The summed E-state index contributed by atoms with van der Waals surface area (Å²) in [6.45, 7) is 7.96. The van der Waals surface area contributed by atoms with Gasteiger partial charge in [-0.25, -0.2) is 4.68 Å². The molecule has 6 rings (SSSR count). The number of nitrogens with two attached hydrogens (primary N) is 1. The number of rotatable bonds is 7. The van der Waals surface area contributed by atoms with Crippen molar-refractivity contribution in [1.82, 2.24) is 19.6 Å². The van der Waals surface area contributed by atoms with E-state index in [0.29, 0.717) is 0 Å². The summed E-state index contributed by atoms with van der Waals surface area (Å²) >= 11 is 0. The minimum absolute atomic E-state index is 0.281. The van der Waals surface area contributed by atoms with Crippen LogP contribution in [0.2, 0.25) is 0 Å². The third-order valence-electron chi connectivity index (χ3n) is 8.12. The zero-order valence-corrected chi connectivity index (χ0v) is 22.2. The molecule has 3 heterocycles. The molecule has 4 aromatic rings. The molecule has 2 aliphatic rings. The number of benzene rings is 3. The lowest BCUT2D eigenvalue weighted by atomic mass is 9.99. The van der Waals surface area contributed by atoms with Crippen LogP contribution in [-0.2, 0) is 13.0 Å². The second kappa shape index (κ2) is 10.2. The molecule has 6 nitrogen and oxygen atoms in total. The number of nitrogens with zero attached hydrogens (tertiary/aromatic N) is 4. The van der Waals surface area contributed by atoms with Crippen molar-refractivity contribution in [3.05, 3.63) is 107 Å². The summed E-state index contributed by atoms with van der Waals surface area (Å²) in [6, 6.07) is 28.0. The van der Waals surface area contributed by atoms with Crippen LogP contribution < -0.4 is 5.73 Å². The highest BCUT2D eigenvalue weighted by molar-refractivity contribution is 5.90. The molecule has 1 amide bonds. The lowest BCUT2D eigenvalue weighted by Crippen LogP contribution is -2.26. The molecule has 0 aliphatic carbocycles. The summed E-state index contributed by atoms with van der Waals surface area (Å²) in [4.78, 5) is 16.5. The monoisotopic (exact) mass is 505 g/mol. The predicted molar refractivity (Wildman–Crippen MR) is 151 cm³/mol. The van der Waals surface area contributed by atoms with E-state index in [1.165, 1.54) is 54.0 Å². The van der Waals surface area contributed by atoms with E-state index in [-0.39, 0.29) is 5.69 Å². The van der Waals surface area contributed by atoms with E-state index < -0.39 is 5.91 Å². The van der Waals surface area contributed by atoms with Crippen molar-refractivity contribution < 1.29 is 4.79 Å². The number of primary amides is 1. The normalized spacial score (nSPS) is 19.6. The number of carbonyl (C=O) groups excluding carboxylic acids is 1. The number of likely N-dealkylation sites (tertiary alicyclic amines) is 2. The summed E-state index contributed by atoms with van der Waals surface area (Å²) in [7, 11) is 2.25. The summed E-state index contributed by atoms with van der Waals surface area (Å²) in [5.41, 5.74) is 13.8. The predicted octanol–water partition coefficient (Wildman–Crippen LogP) is 4.53. The van der Waals surface area contributed by atoms with Gasteiger partial charge >= 0.3 is 0 Å². The first-order valence-electron chi connectivity index (χ1n) is 13.5. The molecule has 2 fully saturated rings. The van der Waals surface area contributed by atoms with E-state index >= 15 is 0 Å². The molecular formula is C32H35N5O. The SMILES string of the molecule is Cc1cc(C(N)=O)nn1-c1ccc(Cc2ccc(-c3ccc(CN4CC5CN(C)CC5C4)cc3)cc2)cc1. The third kappa shape index (κ3) is 5.15. The first kappa shape index (κ1) is 24.6. The van der Waals surface area contributed by atoms with E-state index in [4.69, 9.17) is 5.73 Å². The number of aromatic nitrogens is 2. The molecule has 2 unspecified atom stereocenters. The van der Waals surface area contributed by atoms with Gasteiger partial charge in [-0.1, -0.05) is 60.7 Å². The van der Waals surface area contributed by atoms with Gasteiger partial charge < -0.3 is 10.6 Å². The number of fused-ring (bicyclic) bond motifs is 1. The first-order valence-corrected chi connectivity index (χ1v) is 13.5. The van der Waals surface area contributed by atoms with Crippen molar-refractivity contribution in [2.24, 2.45) is 17.6 Å². The van der Waals surface area contributed by atoms with Gasteiger partial charge in [0.2, 0.25) is 0 Å². The highest BCUT2D eigenvalue weighted by Crippen LogP contribution is 2.31. The maximum absolute atomic E-state index is 11.4. The molecule has 3 aromatic carbocycles. The number of carbonyl (C=O) groups is 1. The average molecular weight is 506 g/mol. The summed E-state index contributed by atoms with van der Waals surface area (Å²) in [5.74, 6) is 1.20. The van der Waals surface area contributed by atoms with Crippen LogP contribution in [0, 0.1) is 18.8 Å². The van der Waals surface area contributed by atoms with E-state index in [0.717, 1.165) is 36.2 Å². The number of hydrogen-bond donors (Lipinski definition) is 1. The van der Waals surface area contributed by atoms with Crippen molar-refractivity contribution in [3.63, 3.8) is 0 Å². The third-order valence-corrected chi connectivity index (χ3v) is 8.12. The zero-order chi connectivity index (χ0) is 26.2. The molecule has 194 valence electrons. The van der Waals surface area contributed by atoms with E-state index in [1.807, 2.05) is 19.1 Å². The van der Waals surface area contributed by atoms with Crippen LogP contribution >= 0.6 is 0 Å². The van der Waals surface area contributed by atoms with Gasteiger partial charge in [0.05, 0.1) is 5.69 Å². The van der Waals surface area contributed by atoms with Gasteiger partial charge in [0.15, 0.2) is 5.69 Å². The van der Waals surface area contributed by atoms with Crippen molar-refractivity contribution in [2.45, 2.75) is 19.9 Å². The molecule has 1 aromatic heterocycles. The molecule has 2 N–H and O–H groups in total. The van der Waals surface area contributed by atoms with Crippen molar-refractivity contribution in [1.29, 1.82) is 0 Å². The van der Waals surface area contributed by atoms with Gasteiger partial charge in [-0.2, -0.15) is 5.10 Å². The quantitative estimate of drug-likeness (QED) is 0.401. The summed E-state index contributed by atoms with van der Waals surface area (Å²) in [6.07, 6.45) is 0.859. The highest BCUT2D eigenvalue weighted by Gasteiger charge is 2.38. The lowest BCUT2D eigenvalue weighted by Gasteiger charge is -2.19. The Morgan fingerprint density at radius 1 is 0.816 bits per heavy atom. The lowest BCUT2D eigenvalue weighted by molar-refractivity contribution is 0.0995. The van der Waals surface area contributed by atoms with Crippen molar-refractivity contribution in [3.8, 4) is 16.8 Å². The van der Waals surface area contributed by atoms with E-state index in [9.17, 15) is 4.79 Å². The van der Waals surface area contributed by atoms with Gasteiger partial charge in [0.25, 0.3) is 5.91 Å². The van der Waals surface area contributed by atoms with Crippen molar-refractivity contribution in [2.75, 3.05) is 33.2 Å². The number of hydrogen-bond acceptors (Lipinski definition) is 4. The average Bonchev–Trinajstić information content (AvgIpc) is 3.58. The number of aryl methyl sites for hydroxylation is 1. The summed E-state index contributed by atoms with van der Waals surface area (Å²) < 4.78 is 1.75. The minimum atomic E-state index is -0.514. The van der Waals surface area contributed by atoms with Gasteiger partial charge in [0, 0.05) is 38.4 Å². The molecule has 6 heteroatoms. The Hall–Kier alpha value is -3.74. The Kier molecular flexibility index (Phi) is 6.60. The molecule has 0 bridgehead atoms. The Morgan fingerprint density at radius 2 is 1.34 bits per heavy atom. The molecule has 0 spiro atoms. The highest BCUT2D eigenvalue weighted by atomic mass is 16.1. The molecule has 2 saturated heterocycles. The Bertz CT molecular complexity index is 1410. The first-order chi connectivity index (χ1) is 18.4. The van der Waals surface area contributed by atoms with Crippen LogP contribution in [0.3, 0.4) is 0 Å². The second-order valence-electron chi connectivity index (χ2n) is 11.1. The molecular weight excluding hydrogens is 470 g/mol. The molecule has 2 aliphatic heterocycles. The van der Waals surface area contributed by atoms with Crippen LogP contribution in [0.25, 0.3) is 16.8 Å². The van der Waals surface area contributed by atoms with Gasteiger partial charge in [-0.3, -0.25) is 9.69 Å². The standard InChI is InChI=1S/C32H35N5O/c1-22-15-31(32(33)38)34-37(22)30-13-7-24(8-14-30)16-23-3-9-26(10-4-23)27-11-5-25(6-12-27)17-36-20-28-18-35(2)19-29(28)21-36/h3-15,28-29H,16-21H2,1-2H3,(H2,33,38). The smallest absolute Gasteiger partial charge is 0.269 e. The van der Waals surface area contributed by atoms with Crippen molar-refractivity contribution >= 4 is 5.91 Å². The van der Waals surface area contributed by atoms with Gasteiger partial charge in [0.1, 0.15) is 0 Å². The van der Waals surface area contributed by atoms with E-state index in [1.54, 1.807) is 10.7 Å². The van der Waals surface area contributed by atoms with Gasteiger partial charge in [-0.05, 0) is 78.2 Å². The largest absolute Gasteiger partial charge is 0.364 e. The minimum Gasteiger partial charge on any atom is -0.364 e. The molecule has 2 atom stereocenters. The van der Waals surface area contributed by atoms with Crippen LogP contribution in [0.4, 0.5) is 0 Å². The second-order valence-corrected chi connectivity index (χ2v) is 11.1. The van der Waals surface area contributed by atoms with E-state index in [2.05, 4.69) is 82.6 Å². The molecule has 0 radical (unpaired) electrons. The Labute approximate surface area is 224 Å². The molecule has 0 saturated carbocycles. The Balaban J connectivity index is 1.06. The topological polar surface area (TPSA) is 67.4 Å². The number of amides is 1.